The maximum Gasteiger partial charge on any atom is 0.326 e. The minimum atomic E-state index is -1.18. The standard InChI is InChI=1S/C10H12N2O4/c1-12(8-4-2-3-5-11-8)7(10(15)16)6-9(13)14/h2-5,7H,6H2,1H3,(H,13,14)(H,15,16). The number of aliphatic carboxylic acids is 2. The molecule has 1 aromatic heterocycles. The first-order chi connectivity index (χ1) is 7.52. The van der Waals surface area contributed by atoms with Crippen LogP contribution < -0.4 is 4.90 Å². The van der Waals surface area contributed by atoms with Crippen molar-refractivity contribution >= 4 is 17.8 Å². The number of carbonyl (C=O) groups is 2. The Kier molecular flexibility index (Phi) is 3.82. The summed E-state index contributed by atoms with van der Waals surface area (Å²) in [5, 5.41) is 17.5. The Morgan fingerprint density at radius 3 is 2.56 bits per heavy atom. The highest BCUT2D eigenvalue weighted by Crippen LogP contribution is 2.13. The van der Waals surface area contributed by atoms with Gasteiger partial charge in [-0.1, -0.05) is 6.07 Å². The Morgan fingerprint density at radius 1 is 1.44 bits per heavy atom. The van der Waals surface area contributed by atoms with E-state index in [0.717, 1.165) is 0 Å². The number of aromatic nitrogens is 1. The number of likely N-dealkylation sites (N-methyl/N-ethyl adjacent to an activating group) is 1. The summed E-state index contributed by atoms with van der Waals surface area (Å²) in [6.07, 6.45) is 1.05. The van der Waals surface area contributed by atoms with Crippen molar-refractivity contribution in [3.05, 3.63) is 24.4 Å². The van der Waals surface area contributed by atoms with E-state index in [1.165, 1.54) is 18.1 Å². The number of hydrogen-bond donors (Lipinski definition) is 2. The molecule has 0 fully saturated rings. The second-order valence-electron chi connectivity index (χ2n) is 3.25. The minimum Gasteiger partial charge on any atom is -0.481 e. The number of anilines is 1. The summed E-state index contributed by atoms with van der Waals surface area (Å²) in [6.45, 7) is 0. The molecule has 1 heterocycles. The molecule has 0 bridgehead atoms. The number of carboxylic acids is 2. The molecule has 0 aliphatic heterocycles. The lowest BCUT2D eigenvalue weighted by molar-refractivity contribution is -0.145. The van der Waals surface area contributed by atoms with Gasteiger partial charge in [-0.3, -0.25) is 4.79 Å². The summed E-state index contributed by atoms with van der Waals surface area (Å²) in [5.74, 6) is -1.91. The number of pyridine rings is 1. The quantitative estimate of drug-likeness (QED) is 0.754. The molecule has 0 saturated carbocycles. The molecule has 0 amide bonds. The second kappa shape index (κ2) is 5.11. The summed E-state index contributed by atoms with van der Waals surface area (Å²) >= 11 is 0. The van der Waals surface area contributed by atoms with Crippen molar-refractivity contribution in [2.75, 3.05) is 11.9 Å². The Labute approximate surface area is 92.1 Å². The van der Waals surface area contributed by atoms with Gasteiger partial charge in [0.05, 0.1) is 6.42 Å². The van der Waals surface area contributed by atoms with Crippen LogP contribution in [0.15, 0.2) is 24.4 Å². The highest BCUT2D eigenvalue weighted by Gasteiger charge is 2.26. The van der Waals surface area contributed by atoms with Gasteiger partial charge in [0.25, 0.3) is 0 Å². The van der Waals surface area contributed by atoms with Crippen LogP contribution in [0.3, 0.4) is 0 Å². The predicted octanol–water partition coefficient (Wildman–Crippen LogP) is 0.446. The third kappa shape index (κ3) is 2.94. The lowest BCUT2D eigenvalue weighted by Gasteiger charge is -2.24. The minimum absolute atomic E-state index is 0.427. The molecule has 6 nitrogen and oxygen atoms in total. The molecule has 0 radical (unpaired) electrons. The molecule has 6 heteroatoms. The summed E-state index contributed by atoms with van der Waals surface area (Å²) in [4.78, 5) is 26.7. The predicted molar refractivity (Wildman–Crippen MR) is 56.3 cm³/mol. The van der Waals surface area contributed by atoms with Crippen LogP contribution in [0, 0.1) is 0 Å². The topological polar surface area (TPSA) is 90.7 Å². The van der Waals surface area contributed by atoms with Gasteiger partial charge in [0, 0.05) is 13.2 Å². The zero-order valence-corrected chi connectivity index (χ0v) is 8.70. The van der Waals surface area contributed by atoms with Gasteiger partial charge in [0.2, 0.25) is 0 Å². The van der Waals surface area contributed by atoms with E-state index < -0.39 is 24.4 Å². The molecule has 0 aliphatic carbocycles. The fourth-order valence-electron chi connectivity index (χ4n) is 1.28. The molecule has 0 spiro atoms. The van der Waals surface area contributed by atoms with Gasteiger partial charge in [-0.05, 0) is 12.1 Å². The van der Waals surface area contributed by atoms with Crippen LogP contribution >= 0.6 is 0 Å². The molecular weight excluding hydrogens is 212 g/mol. The van der Waals surface area contributed by atoms with E-state index in [4.69, 9.17) is 10.2 Å². The average Bonchev–Trinajstić information content (AvgIpc) is 2.25. The maximum absolute atomic E-state index is 10.9. The second-order valence-corrected chi connectivity index (χ2v) is 3.25. The molecular formula is C10H12N2O4. The van der Waals surface area contributed by atoms with E-state index in [-0.39, 0.29) is 0 Å². The van der Waals surface area contributed by atoms with Crippen LogP contribution in [0.25, 0.3) is 0 Å². The molecule has 1 rings (SSSR count). The smallest absolute Gasteiger partial charge is 0.326 e. The zero-order chi connectivity index (χ0) is 12.1. The fraction of sp³-hybridized carbons (Fsp3) is 0.300. The van der Waals surface area contributed by atoms with Crippen LogP contribution in [-0.4, -0.2) is 40.2 Å². The van der Waals surface area contributed by atoms with Gasteiger partial charge < -0.3 is 15.1 Å². The van der Waals surface area contributed by atoms with Gasteiger partial charge in [-0.2, -0.15) is 0 Å². The number of rotatable bonds is 5. The highest BCUT2D eigenvalue weighted by molar-refractivity contribution is 5.83. The van der Waals surface area contributed by atoms with Crippen molar-refractivity contribution in [3.63, 3.8) is 0 Å². The third-order valence-corrected chi connectivity index (χ3v) is 2.13. The van der Waals surface area contributed by atoms with Crippen LogP contribution in [0.1, 0.15) is 6.42 Å². The Balaban J connectivity index is 2.87. The van der Waals surface area contributed by atoms with E-state index in [1.54, 1.807) is 18.2 Å². The Bertz CT molecular complexity index is 380. The number of carboxylic acid groups (broad SMARTS) is 2. The van der Waals surface area contributed by atoms with Crippen LogP contribution in [0.4, 0.5) is 5.82 Å². The summed E-state index contributed by atoms with van der Waals surface area (Å²) < 4.78 is 0. The average molecular weight is 224 g/mol. The zero-order valence-electron chi connectivity index (χ0n) is 8.70. The van der Waals surface area contributed by atoms with Crippen molar-refractivity contribution in [1.29, 1.82) is 0 Å². The first kappa shape index (κ1) is 12.0. The van der Waals surface area contributed by atoms with Gasteiger partial charge in [0.1, 0.15) is 11.9 Å². The molecule has 0 saturated heterocycles. The van der Waals surface area contributed by atoms with Gasteiger partial charge in [-0.15, -0.1) is 0 Å². The van der Waals surface area contributed by atoms with E-state index in [2.05, 4.69) is 4.98 Å². The monoisotopic (exact) mass is 224 g/mol. The largest absolute Gasteiger partial charge is 0.481 e. The first-order valence-corrected chi connectivity index (χ1v) is 4.61. The molecule has 86 valence electrons. The van der Waals surface area contributed by atoms with E-state index >= 15 is 0 Å². The van der Waals surface area contributed by atoms with Gasteiger partial charge >= 0.3 is 11.9 Å². The fourth-order valence-corrected chi connectivity index (χ4v) is 1.28. The van der Waals surface area contributed by atoms with E-state index in [9.17, 15) is 9.59 Å². The first-order valence-electron chi connectivity index (χ1n) is 4.61. The van der Waals surface area contributed by atoms with Crippen LogP contribution in [0.2, 0.25) is 0 Å². The number of hydrogen-bond acceptors (Lipinski definition) is 4. The van der Waals surface area contributed by atoms with Gasteiger partial charge in [0.15, 0.2) is 0 Å². The molecule has 2 N–H and O–H groups in total. The maximum atomic E-state index is 10.9. The van der Waals surface area contributed by atoms with Crippen LogP contribution in [0.5, 0.6) is 0 Å². The van der Waals surface area contributed by atoms with Crippen molar-refractivity contribution < 1.29 is 19.8 Å². The SMILES string of the molecule is CN(c1ccccn1)C(CC(=O)O)C(=O)O. The normalized spacial score (nSPS) is 11.8. The molecule has 1 unspecified atom stereocenters. The van der Waals surface area contributed by atoms with Crippen molar-refractivity contribution in [2.45, 2.75) is 12.5 Å². The van der Waals surface area contributed by atoms with E-state index in [0.29, 0.717) is 5.82 Å². The molecule has 16 heavy (non-hydrogen) atoms. The number of nitrogens with zero attached hydrogens (tertiary/aromatic N) is 2. The third-order valence-electron chi connectivity index (χ3n) is 2.13. The van der Waals surface area contributed by atoms with Gasteiger partial charge in [-0.25, -0.2) is 9.78 Å². The van der Waals surface area contributed by atoms with Crippen LogP contribution in [-0.2, 0) is 9.59 Å². The lowest BCUT2D eigenvalue weighted by Crippen LogP contribution is -2.40. The summed E-state index contributed by atoms with van der Waals surface area (Å²) in [7, 11) is 1.50. The van der Waals surface area contributed by atoms with E-state index in [1.807, 2.05) is 0 Å². The highest BCUT2D eigenvalue weighted by atomic mass is 16.4. The lowest BCUT2D eigenvalue weighted by atomic mass is 10.2. The molecule has 1 aromatic rings. The Hall–Kier alpha value is -2.11. The molecule has 0 aliphatic rings. The molecule has 0 aromatic carbocycles. The summed E-state index contributed by atoms with van der Waals surface area (Å²) in [6, 6.07) is 3.91. The Morgan fingerprint density at radius 2 is 2.12 bits per heavy atom. The summed E-state index contributed by atoms with van der Waals surface area (Å²) in [5.41, 5.74) is 0. The van der Waals surface area contributed by atoms with Crippen molar-refractivity contribution in [2.24, 2.45) is 0 Å². The molecule has 1 atom stereocenters. The van der Waals surface area contributed by atoms with Crippen molar-refractivity contribution in [3.8, 4) is 0 Å². The van der Waals surface area contributed by atoms with Crippen molar-refractivity contribution in [1.82, 2.24) is 4.98 Å².